The van der Waals surface area contributed by atoms with Gasteiger partial charge in [0, 0.05) is 28.1 Å². The Morgan fingerprint density at radius 2 is 1.71 bits per heavy atom. The molecule has 31 heavy (non-hydrogen) atoms. The van der Waals surface area contributed by atoms with Crippen molar-refractivity contribution in [2.75, 3.05) is 0 Å². The Bertz CT molecular complexity index is 1140. The normalized spacial score (nSPS) is 11.7. The Morgan fingerprint density at radius 3 is 2.42 bits per heavy atom. The third-order valence-electron chi connectivity index (χ3n) is 4.74. The number of benzene rings is 3. The van der Waals surface area contributed by atoms with Crippen LogP contribution in [0.1, 0.15) is 12.5 Å². The van der Waals surface area contributed by atoms with E-state index >= 15 is 0 Å². The van der Waals surface area contributed by atoms with Gasteiger partial charge in [-0.05, 0) is 36.8 Å². The number of thiazole rings is 1. The Labute approximate surface area is 190 Å². The molecule has 1 atom stereocenters. The number of carbonyl (C=O) groups is 1. The number of nitrogens with one attached hydrogen (secondary N) is 1. The highest BCUT2D eigenvalue weighted by molar-refractivity contribution is 7.13. The molecule has 4 aromatic rings. The van der Waals surface area contributed by atoms with Gasteiger partial charge in [-0.2, -0.15) is 0 Å². The largest absolute Gasteiger partial charge is 0.481 e. The molecule has 0 aliphatic carbocycles. The summed E-state index contributed by atoms with van der Waals surface area (Å²) in [6, 6.07) is 25.2. The molecule has 0 bridgehead atoms. The highest BCUT2D eigenvalue weighted by Gasteiger charge is 2.14. The molecule has 1 N–H and O–H groups in total. The molecular weight excluding hydrogens is 428 g/mol. The van der Waals surface area contributed by atoms with E-state index in [0.29, 0.717) is 17.3 Å². The van der Waals surface area contributed by atoms with Gasteiger partial charge in [-0.1, -0.05) is 66.2 Å². The first kappa shape index (κ1) is 21.1. The van der Waals surface area contributed by atoms with E-state index < -0.39 is 6.10 Å². The summed E-state index contributed by atoms with van der Waals surface area (Å²) in [5.74, 6) is 0.432. The lowest BCUT2D eigenvalue weighted by atomic mass is 10.1. The number of ether oxygens (including phenoxy) is 1. The van der Waals surface area contributed by atoms with E-state index in [2.05, 4.69) is 22.8 Å². The van der Waals surface area contributed by atoms with Gasteiger partial charge in [0.2, 0.25) is 0 Å². The van der Waals surface area contributed by atoms with Gasteiger partial charge in [-0.25, -0.2) is 4.98 Å². The molecule has 0 aliphatic heterocycles. The van der Waals surface area contributed by atoms with Gasteiger partial charge in [0.05, 0.1) is 5.69 Å². The van der Waals surface area contributed by atoms with Crippen LogP contribution in [0.4, 0.5) is 0 Å². The Hall–Kier alpha value is -3.15. The SMILES string of the molecule is CC(Oc1ccc(Cl)cc1)C(=O)NCc1ccc(-c2nc(-c3ccccc3)cs2)cc1. The summed E-state index contributed by atoms with van der Waals surface area (Å²) in [6.45, 7) is 2.15. The van der Waals surface area contributed by atoms with Gasteiger partial charge in [-0.15, -0.1) is 11.3 Å². The van der Waals surface area contributed by atoms with Gasteiger partial charge in [-0.3, -0.25) is 4.79 Å². The van der Waals surface area contributed by atoms with Gasteiger partial charge in [0.1, 0.15) is 10.8 Å². The zero-order chi connectivity index (χ0) is 21.6. The van der Waals surface area contributed by atoms with E-state index in [1.165, 1.54) is 0 Å². The number of hydrogen-bond donors (Lipinski definition) is 1. The Kier molecular flexibility index (Phi) is 6.65. The highest BCUT2D eigenvalue weighted by atomic mass is 35.5. The Morgan fingerprint density at radius 1 is 1.00 bits per heavy atom. The van der Waals surface area contributed by atoms with Crippen molar-refractivity contribution in [3.05, 3.63) is 94.8 Å². The van der Waals surface area contributed by atoms with Crippen LogP contribution >= 0.6 is 22.9 Å². The van der Waals surface area contributed by atoms with Crippen LogP contribution in [-0.4, -0.2) is 17.0 Å². The highest BCUT2D eigenvalue weighted by Crippen LogP contribution is 2.29. The second-order valence-corrected chi connectivity index (χ2v) is 8.33. The molecule has 0 saturated carbocycles. The molecule has 3 aromatic carbocycles. The molecule has 1 heterocycles. The lowest BCUT2D eigenvalue weighted by molar-refractivity contribution is -0.127. The molecule has 0 radical (unpaired) electrons. The van der Waals surface area contributed by atoms with Crippen LogP contribution in [0.2, 0.25) is 5.02 Å². The smallest absolute Gasteiger partial charge is 0.261 e. The summed E-state index contributed by atoms with van der Waals surface area (Å²) in [6.07, 6.45) is -0.604. The van der Waals surface area contributed by atoms with Gasteiger partial charge < -0.3 is 10.1 Å². The predicted molar refractivity (Wildman–Crippen MR) is 126 cm³/mol. The van der Waals surface area contributed by atoms with Gasteiger partial charge in [0.15, 0.2) is 6.10 Å². The number of halogens is 1. The maximum absolute atomic E-state index is 12.3. The number of nitrogens with zero attached hydrogens (tertiary/aromatic N) is 1. The fourth-order valence-electron chi connectivity index (χ4n) is 3.02. The van der Waals surface area contributed by atoms with Crippen molar-refractivity contribution in [2.24, 2.45) is 0 Å². The van der Waals surface area contributed by atoms with Crippen molar-refractivity contribution < 1.29 is 9.53 Å². The summed E-state index contributed by atoms with van der Waals surface area (Å²) in [4.78, 5) is 17.1. The molecular formula is C25H21ClN2O2S. The molecule has 1 aromatic heterocycles. The standard InChI is InChI=1S/C25H21ClN2O2S/c1-17(30-22-13-11-21(26)12-14-22)24(29)27-15-18-7-9-20(10-8-18)25-28-23(16-31-25)19-5-3-2-4-6-19/h2-14,16-17H,15H2,1H3,(H,27,29). The van der Waals surface area contributed by atoms with E-state index in [4.69, 9.17) is 21.3 Å². The van der Waals surface area contributed by atoms with Gasteiger partial charge in [0.25, 0.3) is 5.91 Å². The third-order valence-corrected chi connectivity index (χ3v) is 5.88. The summed E-state index contributed by atoms with van der Waals surface area (Å²) in [5, 5.41) is 6.58. The van der Waals surface area contributed by atoms with Crippen LogP contribution in [0.3, 0.4) is 0 Å². The van der Waals surface area contributed by atoms with E-state index in [-0.39, 0.29) is 5.91 Å². The summed E-state index contributed by atoms with van der Waals surface area (Å²) in [7, 11) is 0. The second-order valence-electron chi connectivity index (χ2n) is 7.03. The van der Waals surface area contributed by atoms with E-state index in [0.717, 1.165) is 27.4 Å². The van der Waals surface area contributed by atoms with Crippen LogP contribution in [0, 0.1) is 0 Å². The van der Waals surface area contributed by atoms with E-state index in [1.807, 2.05) is 42.5 Å². The average molecular weight is 449 g/mol. The second kappa shape index (κ2) is 9.77. The molecule has 1 unspecified atom stereocenters. The number of rotatable bonds is 7. The van der Waals surface area contributed by atoms with Crippen LogP contribution in [0.5, 0.6) is 5.75 Å². The molecule has 1 amide bonds. The molecule has 0 spiro atoms. The molecule has 0 aliphatic rings. The first-order chi connectivity index (χ1) is 15.1. The molecule has 6 heteroatoms. The topological polar surface area (TPSA) is 51.2 Å². The van der Waals surface area contributed by atoms with Crippen molar-refractivity contribution in [1.82, 2.24) is 10.3 Å². The van der Waals surface area contributed by atoms with Crippen LogP contribution in [-0.2, 0) is 11.3 Å². The average Bonchev–Trinajstić information content (AvgIpc) is 3.30. The first-order valence-corrected chi connectivity index (χ1v) is 11.1. The lowest BCUT2D eigenvalue weighted by Crippen LogP contribution is -2.35. The van der Waals surface area contributed by atoms with Crippen molar-refractivity contribution >= 4 is 28.8 Å². The summed E-state index contributed by atoms with van der Waals surface area (Å²) in [5.41, 5.74) is 4.16. The summed E-state index contributed by atoms with van der Waals surface area (Å²) >= 11 is 7.49. The molecule has 156 valence electrons. The minimum absolute atomic E-state index is 0.175. The zero-order valence-corrected chi connectivity index (χ0v) is 18.5. The Balaban J connectivity index is 1.33. The number of carbonyl (C=O) groups excluding carboxylic acids is 1. The fraction of sp³-hybridized carbons (Fsp3) is 0.120. The molecule has 4 nitrogen and oxygen atoms in total. The lowest BCUT2D eigenvalue weighted by Gasteiger charge is -2.15. The van der Waals surface area contributed by atoms with Gasteiger partial charge >= 0.3 is 0 Å². The molecule has 0 fully saturated rings. The number of aromatic nitrogens is 1. The fourth-order valence-corrected chi connectivity index (χ4v) is 3.98. The number of amides is 1. The zero-order valence-electron chi connectivity index (χ0n) is 16.9. The third kappa shape index (κ3) is 5.51. The monoisotopic (exact) mass is 448 g/mol. The van der Waals surface area contributed by atoms with Crippen LogP contribution in [0.25, 0.3) is 21.8 Å². The minimum Gasteiger partial charge on any atom is -0.481 e. The van der Waals surface area contributed by atoms with Crippen molar-refractivity contribution in [3.63, 3.8) is 0 Å². The minimum atomic E-state index is -0.604. The summed E-state index contributed by atoms with van der Waals surface area (Å²) < 4.78 is 5.66. The van der Waals surface area contributed by atoms with Crippen molar-refractivity contribution in [2.45, 2.75) is 19.6 Å². The quantitative estimate of drug-likeness (QED) is 0.365. The molecule has 4 rings (SSSR count). The van der Waals surface area contributed by atoms with E-state index in [1.54, 1.807) is 42.5 Å². The predicted octanol–water partition coefficient (Wildman–Crippen LogP) is 6.21. The maximum Gasteiger partial charge on any atom is 0.261 e. The van der Waals surface area contributed by atoms with Crippen LogP contribution in [0.15, 0.2) is 84.2 Å². The molecule has 0 saturated heterocycles. The maximum atomic E-state index is 12.3. The van der Waals surface area contributed by atoms with Crippen LogP contribution < -0.4 is 10.1 Å². The van der Waals surface area contributed by atoms with E-state index in [9.17, 15) is 4.79 Å². The number of hydrogen-bond acceptors (Lipinski definition) is 4. The first-order valence-electron chi connectivity index (χ1n) is 9.89. The van der Waals surface area contributed by atoms with Crippen molar-refractivity contribution in [1.29, 1.82) is 0 Å². The van der Waals surface area contributed by atoms with Crippen molar-refractivity contribution in [3.8, 4) is 27.6 Å².